The topological polar surface area (TPSA) is 26.3 Å². The molecule has 0 aliphatic carbocycles. The van der Waals surface area contributed by atoms with Crippen LogP contribution in [-0.2, 0) is 9.53 Å². The molecule has 0 spiro atoms. The number of carbonyl (C=O) groups is 1. The largest absolute Gasteiger partial charge is 0.465 e. The molecule has 0 aromatic heterocycles. The lowest BCUT2D eigenvalue weighted by atomic mass is 9.73. The molecule has 17 heteroatoms. The standard InChI is InChI=1S/C15H15F15O2/c1-4-8(2,3)7(31)32-6-5-9(16,17)11(18,19)12(20,21)10(13(22,23)24,14(25,26)27)15(28,29)30/h4-6H2,1-3H3. The van der Waals surface area contributed by atoms with Crippen LogP contribution in [0.2, 0.25) is 0 Å². The summed E-state index contributed by atoms with van der Waals surface area (Å²) < 4.78 is 201. The summed E-state index contributed by atoms with van der Waals surface area (Å²) in [5.41, 5.74) is -9.99. The molecule has 0 saturated carbocycles. The van der Waals surface area contributed by atoms with E-state index in [4.69, 9.17) is 0 Å². The number of hydrogen-bond acceptors (Lipinski definition) is 2. The third-order valence-electron chi connectivity index (χ3n) is 4.69. The molecule has 0 amide bonds. The Hall–Kier alpha value is -1.58. The lowest BCUT2D eigenvalue weighted by molar-refractivity contribution is -0.507. The minimum atomic E-state index is -8.55. The zero-order valence-electron chi connectivity index (χ0n) is 16.1. The number of rotatable bonds is 8. The maximum atomic E-state index is 13.8. The van der Waals surface area contributed by atoms with E-state index in [0.29, 0.717) is 0 Å². The molecule has 2 nitrogen and oxygen atoms in total. The zero-order valence-corrected chi connectivity index (χ0v) is 16.1. The van der Waals surface area contributed by atoms with Gasteiger partial charge in [0.05, 0.1) is 18.4 Å². The van der Waals surface area contributed by atoms with Crippen LogP contribution >= 0.6 is 0 Å². The van der Waals surface area contributed by atoms with Crippen molar-refractivity contribution < 1.29 is 75.4 Å². The fraction of sp³-hybridized carbons (Fsp3) is 0.933. The van der Waals surface area contributed by atoms with Crippen molar-refractivity contribution in [3.8, 4) is 0 Å². The highest BCUT2D eigenvalue weighted by molar-refractivity contribution is 5.75. The molecular weight excluding hydrogens is 497 g/mol. The smallest absolute Gasteiger partial charge is 0.418 e. The van der Waals surface area contributed by atoms with Crippen molar-refractivity contribution in [2.75, 3.05) is 6.61 Å². The van der Waals surface area contributed by atoms with E-state index in [2.05, 4.69) is 4.74 Å². The molecule has 0 N–H and O–H groups in total. The molecule has 0 aromatic carbocycles. The maximum Gasteiger partial charge on any atom is 0.418 e. The molecule has 0 fully saturated rings. The molecule has 0 aliphatic heterocycles. The molecule has 0 bridgehead atoms. The second-order valence-corrected chi connectivity index (χ2v) is 7.22. The third-order valence-corrected chi connectivity index (χ3v) is 4.69. The fourth-order valence-corrected chi connectivity index (χ4v) is 2.25. The Morgan fingerprint density at radius 1 is 0.656 bits per heavy atom. The number of hydrogen-bond donors (Lipinski definition) is 0. The highest BCUT2D eigenvalue weighted by Crippen LogP contribution is 2.70. The molecule has 32 heavy (non-hydrogen) atoms. The second-order valence-electron chi connectivity index (χ2n) is 7.22. The van der Waals surface area contributed by atoms with Gasteiger partial charge in [-0.25, -0.2) is 0 Å². The van der Waals surface area contributed by atoms with Gasteiger partial charge in [-0.3, -0.25) is 4.79 Å². The number of carbonyl (C=O) groups excluding carboxylic acids is 1. The van der Waals surface area contributed by atoms with Gasteiger partial charge in [-0.15, -0.1) is 0 Å². The summed E-state index contributed by atoms with van der Waals surface area (Å²) in [6.45, 7) is 1.70. The zero-order chi connectivity index (χ0) is 26.4. The first-order valence-corrected chi connectivity index (χ1v) is 8.20. The van der Waals surface area contributed by atoms with E-state index in [1.807, 2.05) is 0 Å². The van der Waals surface area contributed by atoms with Crippen molar-refractivity contribution in [1.29, 1.82) is 0 Å². The van der Waals surface area contributed by atoms with Crippen LogP contribution in [0.3, 0.4) is 0 Å². The summed E-state index contributed by atoms with van der Waals surface area (Å²) in [6, 6.07) is 0. The first kappa shape index (κ1) is 30.4. The molecule has 0 aliphatic rings. The van der Waals surface area contributed by atoms with Crippen LogP contribution in [0.5, 0.6) is 0 Å². The van der Waals surface area contributed by atoms with E-state index in [1.165, 1.54) is 6.92 Å². The van der Waals surface area contributed by atoms with Crippen LogP contribution in [0.4, 0.5) is 65.9 Å². The molecule has 0 rings (SSSR count). The molecule has 0 aromatic rings. The number of ether oxygens (including phenoxy) is 1. The van der Waals surface area contributed by atoms with Gasteiger partial charge in [0, 0.05) is 0 Å². The molecule has 0 heterocycles. The summed E-state index contributed by atoms with van der Waals surface area (Å²) in [6.07, 6.45) is -27.6. The van der Waals surface area contributed by atoms with Crippen molar-refractivity contribution in [1.82, 2.24) is 0 Å². The molecule has 0 radical (unpaired) electrons. The van der Waals surface area contributed by atoms with Crippen molar-refractivity contribution in [2.45, 2.75) is 69.9 Å². The monoisotopic (exact) mass is 512 g/mol. The minimum absolute atomic E-state index is 0.0400. The first-order valence-electron chi connectivity index (χ1n) is 8.20. The summed E-state index contributed by atoms with van der Waals surface area (Å²) >= 11 is 0. The molecule has 0 unspecified atom stereocenters. The number of halogens is 15. The van der Waals surface area contributed by atoms with Gasteiger partial charge in [0.2, 0.25) is 0 Å². The van der Waals surface area contributed by atoms with Crippen molar-refractivity contribution in [3.63, 3.8) is 0 Å². The summed E-state index contributed by atoms with van der Waals surface area (Å²) in [4.78, 5) is 11.5. The van der Waals surface area contributed by atoms with E-state index in [-0.39, 0.29) is 6.42 Å². The Morgan fingerprint density at radius 2 is 1.00 bits per heavy atom. The van der Waals surface area contributed by atoms with Crippen LogP contribution in [0, 0.1) is 10.8 Å². The van der Waals surface area contributed by atoms with Crippen molar-refractivity contribution >= 4 is 5.97 Å². The van der Waals surface area contributed by atoms with Gasteiger partial charge < -0.3 is 4.74 Å². The van der Waals surface area contributed by atoms with Crippen LogP contribution < -0.4 is 0 Å². The van der Waals surface area contributed by atoms with E-state index in [1.54, 1.807) is 0 Å². The minimum Gasteiger partial charge on any atom is -0.465 e. The van der Waals surface area contributed by atoms with E-state index in [0.717, 1.165) is 13.8 Å². The van der Waals surface area contributed by atoms with Gasteiger partial charge in [-0.2, -0.15) is 65.9 Å². The van der Waals surface area contributed by atoms with Crippen LogP contribution in [0.25, 0.3) is 0 Å². The second kappa shape index (κ2) is 8.33. The normalized spacial score (nSPS) is 15.7. The predicted octanol–water partition coefficient (Wildman–Crippen LogP) is 6.94. The van der Waals surface area contributed by atoms with Crippen LogP contribution in [0.15, 0.2) is 0 Å². The Balaban J connectivity index is 6.46. The summed E-state index contributed by atoms with van der Waals surface area (Å²) in [5.74, 6) is -24.3. The Bertz CT molecular complexity index is 634. The van der Waals surface area contributed by atoms with Crippen LogP contribution in [-0.4, -0.2) is 48.9 Å². The Kier molecular flexibility index (Phi) is 7.92. The van der Waals surface area contributed by atoms with Crippen molar-refractivity contribution in [3.05, 3.63) is 0 Å². The van der Waals surface area contributed by atoms with Crippen LogP contribution in [0.1, 0.15) is 33.6 Å². The van der Waals surface area contributed by atoms with Gasteiger partial charge in [0.1, 0.15) is 0 Å². The van der Waals surface area contributed by atoms with Gasteiger partial charge in [-0.05, 0) is 20.3 Å². The summed E-state index contributed by atoms with van der Waals surface area (Å²) in [7, 11) is 0. The average molecular weight is 512 g/mol. The number of alkyl halides is 15. The fourth-order valence-electron chi connectivity index (χ4n) is 2.25. The van der Waals surface area contributed by atoms with E-state index >= 15 is 0 Å². The van der Waals surface area contributed by atoms with Gasteiger partial charge in [-0.1, -0.05) is 6.92 Å². The van der Waals surface area contributed by atoms with Gasteiger partial charge in [0.15, 0.2) is 0 Å². The molecule has 0 atom stereocenters. The molecule has 0 saturated heterocycles. The predicted molar refractivity (Wildman–Crippen MR) is 75.1 cm³/mol. The Morgan fingerprint density at radius 3 is 1.28 bits per heavy atom. The Labute approximate surface area is 170 Å². The molecular formula is C15H15F15O2. The molecule has 192 valence electrons. The van der Waals surface area contributed by atoms with Crippen molar-refractivity contribution in [2.24, 2.45) is 10.8 Å². The quantitative estimate of drug-likeness (QED) is 0.260. The lowest BCUT2D eigenvalue weighted by Crippen LogP contribution is -2.75. The highest BCUT2D eigenvalue weighted by Gasteiger charge is 2.99. The average Bonchev–Trinajstić information content (AvgIpc) is 2.49. The van der Waals surface area contributed by atoms with E-state index in [9.17, 15) is 70.7 Å². The highest BCUT2D eigenvalue weighted by atomic mass is 19.4. The van der Waals surface area contributed by atoms with Gasteiger partial charge in [0.25, 0.3) is 0 Å². The van der Waals surface area contributed by atoms with Gasteiger partial charge >= 0.3 is 47.7 Å². The summed E-state index contributed by atoms with van der Waals surface area (Å²) in [5, 5.41) is 0. The lowest BCUT2D eigenvalue weighted by Gasteiger charge is -2.46. The first-order chi connectivity index (χ1) is 13.7. The van der Waals surface area contributed by atoms with E-state index < -0.39 is 66.1 Å². The maximum absolute atomic E-state index is 13.8. The third kappa shape index (κ3) is 4.56. The number of esters is 1. The SMILES string of the molecule is CCC(C)(C)C(=O)OCCC(F)(F)C(F)(F)C(F)(F)C(C(F)(F)F)(C(F)(F)F)C(F)(F)F.